The highest BCUT2D eigenvalue weighted by molar-refractivity contribution is 7.18. The fourth-order valence-electron chi connectivity index (χ4n) is 1.31. The molecule has 2 rings (SSSR count). The van der Waals surface area contributed by atoms with Crippen molar-refractivity contribution in [1.82, 2.24) is 10.2 Å². The van der Waals surface area contributed by atoms with E-state index in [1.807, 2.05) is 18.2 Å². The third kappa shape index (κ3) is 3.17. The first-order valence-corrected chi connectivity index (χ1v) is 6.51. The molecule has 0 radical (unpaired) electrons. The van der Waals surface area contributed by atoms with E-state index < -0.39 is 6.10 Å². The van der Waals surface area contributed by atoms with Crippen LogP contribution in [-0.4, -0.2) is 39.7 Å². The Hall–Kier alpha value is -1.21. The third-order valence-electron chi connectivity index (χ3n) is 2.23. The van der Waals surface area contributed by atoms with Crippen LogP contribution in [0.2, 0.25) is 5.02 Å². The van der Waals surface area contributed by atoms with Gasteiger partial charge in [-0.15, -0.1) is 10.2 Å². The van der Waals surface area contributed by atoms with Gasteiger partial charge in [0.05, 0.1) is 17.7 Å². The number of aliphatic hydroxyl groups is 2. The Labute approximate surface area is 113 Å². The molecule has 3 N–H and O–H groups in total. The Bertz CT molecular complexity index is 520. The summed E-state index contributed by atoms with van der Waals surface area (Å²) in [5.41, 5.74) is 0.826. The summed E-state index contributed by atoms with van der Waals surface area (Å²) >= 11 is 7.41. The molecule has 0 fully saturated rings. The molecule has 0 saturated carbocycles. The second-order valence-electron chi connectivity index (χ2n) is 3.61. The number of anilines is 1. The maximum Gasteiger partial charge on any atom is 0.206 e. The standard InChI is InChI=1S/C11H12ClN3O2S/c12-9-4-2-1-3-8(9)10-14-15-11(18-10)13-5-7(17)6-16/h1-4,7,16-17H,5-6H2,(H,13,15)/t7-/m0/s1. The van der Waals surface area contributed by atoms with Gasteiger partial charge >= 0.3 is 0 Å². The largest absolute Gasteiger partial charge is 0.394 e. The fourth-order valence-corrected chi connectivity index (χ4v) is 2.38. The minimum Gasteiger partial charge on any atom is -0.394 e. The fraction of sp³-hybridized carbons (Fsp3) is 0.273. The molecule has 0 aliphatic carbocycles. The van der Waals surface area contributed by atoms with Crippen LogP contribution >= 0.6 is 22.9 Å². The van der Waals surface area contributed by atoms with Crippen LogP contribution in [0.25, 0.3) is 10.6 Å². The average Bonchev–Trinajstić information content (AvgIpc) is 2.85. The van der Waals surface area contributed by atoms with Gasteiger partial charge < -0.3 is 15.5 Å². The molecule has 1 heterocycles. The van der Waals surface area contributed by atoms with Gasteiger partial charge in [-0.3, -0.25) is 0 Å². The molecule has 96 valence electrons. The minimum atomic E-state index is -0.808. The van der Waals surface area contributed by atoms with Gasteiger partial charge in [0.25, 0.3) is 0 Å². The summed E-state index contributed by atoms with van der Waals surface area (Å²) < 4.78 is 0. The SMILES string of the molecule is OC[C@@H](O)CNc1nnc(-c2ccccc2Cl)s1. The Morgan fingerprint density at radius 1 is 1.33 bits per heavy atom. The summed E-state index contributed by atoms with van der Waals surface area (Å²) in [5, 5.41) is 30.7. The molecule has 1 aromatic carbocycles. The van der Waals surface area contributed by atoms with Crippen molar-refractivity contribution in [2.75, 3.05) is 18.5 Å². The number of benzene rings is 1. The Morgan fingerprint density at radius 2 is 2.11 bits per heavy atom. The number of aromatic nitrogens is 2. The topological polar surface area (TPSA) is 78.3 Å². The van der Waals surface area contributed by atoms with E-state index in [1.54, 1.807) is 6.07 Å². The highest BCUT2D eigenvalue weighted by Crippen LogP contribution is 2.31. The third-order valence-corrected chi connectivity index (χ3v) is 3.47. The Kier molecular flexibility index (Phi) is 4.48. The number of nitrogens with zero attached hydrogens (tertiary/aromatic N) is 2. The van der Waals surface area contributed by atoms with Crippen molar-refractivity contribution >= 4 is 28.1 Å². The summed E-state index contributed by atoms with van der Waals surface area (Å²) in [6.07, 6.45) is -0.808. The number of halogens is 1. The van der Waals surface area contributed by atoms with Gasteiger partial charge in [0.15, 0.2) is 5.01 Å². The number of nitrogens with one attached hydrogen (secondary N) is 1. The summed E-state index contributed by atoms with van der Waals surface area (Å²) in [6, 6.07) is 7.39. The summed E-state index contributed by atoms with van der Waals surface area (Å²) in [4.78, 5) is 0. The maximum absolute atomic E-state index is 9.21. The molecule has 0 aliphatic rings. The van der Waals surface area contributed by atoms with Gasteiger partial charge in [-0.05, 0) is 6.07 Å². The van der Waals surface area contributed by atoms with Crippen molar-refractivity contribution in [3.63, 3.8) is 0 Å². The van der Waals surface area contributed by atoms with Gasteiger partial charge in [0.1, 0.15) is 0 Å². The number of rotatable bonds is 5. The van der Waals surface area contributed by atoms with Crippen LogP contribution in [0.1, 0.15) is 0 Å². The highest BCUT2D eigenvalue weighted by Gasteiger charge is 2.10. The molecule has 2 aromatic rings. The first kappa shape index (κ1) is 13.2. The lowest BCUT2D eigenvalue weighted by molar-refractivity contribution is 0.105. The Morgan fingerprint density at radius 3 is 2.83 bits per heavy atom. The normalized spacial score (nSPS) is 12.4. The predicted octanol–water partition coefficient (Wildman–Crippen LogP) is 1.62. The number of hydrogen-bond donors (Lipinski definition) is 3. The highest BCUT2D eigenvalue weighted by atomic mass is 35.5. The molecular formula is C11H12ClN3O2S. The van der Waals surface area contributed by atoms with E-state index in [4.69, 9.17) is 16.7 Å². The van der Waals surface area contributed by atoms with E-state index in [-0.39, 0.29) is 13.2 Å². The molecule has 0 amide bonds. The molecule has 18 heavy (non-hydrogen) atoms. The second kappa shape index (κ2) is 6.10. The Balaban J connectivity index is 2.09. The summed E-state index contributed by atoms with van der Waals surface area (Å²) in [5.74, 6) is 0. The molecule has 1 aromatic heterocycles. The van der Waals surface area contributed by atoms with Crippen molar-refractivity contribution in [3.8, 4) is 10.6 Å². The van der Waals surface area contributed by atoms with Gasteiger partial charge in [-0.1, -0.05) is 41.1 Å². The zero-order valence-corrected chi connectivity index (χ0v) is 10.9. The van der Waals surface area contributed by atoms with Crippen LogP contribution in [0.5, 0.6) is 0 Å². The first-order valence-electron chi connectivity index (χ1n) is 5.32. The van der Waals surface area contributed by atoms with Gasteiger partial charge in [0, 0.05) is 12.1 Å². The second-order valence-corrected chi connectivity index (χ2v) is 4.99. The lowest BCUT2D eigenvalue weighted by Crippen LogP contribution is -2.22. The molecule has 0 unspecified atom stereocenters. The number of aliphatic hydroxyl groups excluding tert-OH is 2. The van der Waals surface area contributed by atoms with Gasteiger partial charge in [0.2, 0.25) is 5.13 Å². The molecule has 0 spiro atoms. The molecule has 0 aliphatic heterocycles. The van der Waals surface area contributed by atoms with E-state index in [0.717, 1.165) is 5.56 Å². The van der Waals surface area contributed by atoms with Crippen molar-refractivity contribution in [3.05, 3.63) is 29.3 Å². The maximum atomic E-state index is 9.21. The lowest BCUT2D eigenvalue weighted by atomic mass is 10.2. The van der Waals surface area contributed by atoms with E-state index >= 15 is 0 Å². The smallest absolute Gasteiger partial charge is 0.206 e. The molecule has 7 heteroatoms. The van der Waals surface area contributed by atoms with Crippen LogP contribution < -0.4 is 5.32 Å². The van der Waals surface area contributed by atoms with Crippen molar-refractivity contribution < 1.29 is 10.2 Å². The average molecular weight is 286 g/mol. The zero-order chi connectivity index (χ0) is 13.0. The molecule has 5 nitrogen and oxygen atoms in total. The summed E-state index contributed by atoms with van der Waals surface area (Å²) in [6.45, 7) is -0.0587. The van der Waals surface area contributed by atoms with E-state index in [0.29, 0.717) is 15.2 Å². The molecule has 0 bridgehead atoms. The predicted molar refractivity (Wildman–Crippen MR) is 71.9 cm³/mol. The molecule has 0 saturated heterocycles. The van der Waals surface area contributed by atoms with Crippen LogP contribution in [0.4, 0.5) is 5.13 Å². The summed E-state index contributed by atoms with van der Waals surface area (Å²) in [7, 11) is 0. The van der Waals surface area contributed by atoms with Gasteiger partial charge in [-0.2, -0.15) is 0 Å². The van der Waals surface area contributed by atoms with E-state index in [1.165, 1.54) is 11.3 Å². The van der Waals surface area contributed by atoms with Crippen molar-refractivity contribution in [1.29, 1.82) is 0 Å². The van der Waals surface area contributed by atoms with Crippen LogP contribution in [-0.2, 0) is 0 Å². The lowest BCUT2D eigenvalue weighted by Gasteiger charge is -2.06. The monoisotopic (exact) mass is 285 g/mol. The molecule has 1 atom stereocenters. The van der Waals surface area contributed by atoms with E-state index in [9.17, 15) is 5.11 Å². The molecular weight excluding hydrogens is 274 g/mol. The van der Waals surface area contributed by atoms with E-state index in [2.05, 4.69) is 15.5 Å². The van der Waals surface area contributed by atoms with Crippen LogP contribution in [0.15, 0.2) is 24.3 Å². The first-order chi connectivity index (χ1) is 8.70. The quantitative estimate of drug-likeness (QED) is 0.778. The van der Waals surface area contributed by atoms with Crippen LogP contribution in [0, 0.1) is 0 Å². The minimum absolute atomic E-state index is 0.230. The van der Waals surface area contributed by atoms with Crippen molar-refractivity contribution in [2.24, 2.45) is 0 Å². The van der Waals surface area contributed by atoms with Crippen molar-refractivity contribution in [2.45, 2.75) is 6.10 Å². The van der Waals surface area contributed by atoms with Crippen LogP contribution in [0.3, 0.4) is 0 Å². The van der Waals surface area contributed by atoms with Gasteiger partial charge in [-0.25, -0.2) is 0 Å². The number of hydrogen-bond acceptors (Lipinski definition) is 6. The zero-order valence-electron chi connectivity index (χ0n) is 9.38.